The lowest BCUT2D eigenvalue weighted by molar-refractivity contribution is -0.118. The Morgan fingerprint density at radius 1 is 1.00 bits per heavy atom. The van der Waals surface area contributed by atoms with Crippen LogP contribution in [0.25, 0.3) is 0 Å². The second kappa shape index (κ2) is 6.90. The molecule has 2 aromatic rings. The van der Waals surface area contributed by atoms with Crippen LogP contribution in [0.4, 0.5) is 5.69 Å². The fourth-order valence-electron chi connectivity index (χ4n) is 2.24. The van der Waals surface area contributed by atoms with Crippen molar-refractivity contribution in [3.63, 3.8) is 0 Å². The van der Waals surface area contributed by atoms with Crippen molar-refractivity contribution in [2.24, 2.45) is 0 Å². The van der Waals surface area contributed by atoms with Gasteiger partial charge >= 0.3 is 0 Å². The molecule has 104 valence electrons. The van der Waals surface area contributed by atoms with Gasteiger partial charge in [0, 0.05) is 18.5 Å². The van der Waals surface area contributed by atoms with Crippen molar-refractivity contribution in [2.45, 2.75) is 32.6 Å². The molecule has 2 aromatic carbocycles. The van der Waals surface area contributed by atoms with Gasteiger partial charge in [-0.25, -0.2) is 0 Å². The average Bonchev–Trinajstić information content (AvgIpc) is 2.46. The highest BCUT2D eigenvalue weighted by atomic mass is 16.1. The van der Waals surface area contributed by atoms with E-state index >= 15 is 0 Å². The minimum Gasteiger partial charge on any atom is -0.399 e. The number of hydrogen-bond donors (Lipinski definition) is 1. The third-order valence-corrected chi connectivity index (χ3v) is 3.48. The van der Waals surface area contributed by atoms with Gasteiger partial charge in [0.15, 0.2) is 0 Å². The average molecular weight is 267 g/mol. The van der Waals surface area contributed by atoms with Crippen molar-refractivity contribution >= 4 is 11.5 Å². The predicted molar refractivity (Wildman–Crippen MR) is 83.7 cm³/mol. The fraction of sp³-hybridized carbons (Fsp3) is 0.278. The van der Waals surface area contributed by atoms with E-state index in [2.05, 4.69) is 31.2 Å². The molecule has 0 unspecified atom stereocenters. The molecule has 0 radical (unpaired) electrons. The summed E-state index contributed by atoms with van der Waals surface area (Å²) in [5, 5.41) is 0. The van der Waals surface area contributed by atoms with Crippen molar-refractivity contribution in [3.8, 4) is 0 Å². The van der Waals surface area contributed by atoms with E-state index in [-0.39, 0.29) is 5.78 Å². The number of hydrogen-bond acceptors (Lipinski definition) is 2. The quantitative estimate of drug-likeness (QED) is 0.813. The SMILES string of the molecule is CCc1ccc(CC(=O)CCc2cccc(N)c2)cc1. The molecule has 2 rings (SSSR count). The van der Waals surface area contributed by atoms with Crippen molar-refractivity contribution < 1.29 is 4.79 Å². The Balaban J connectivity index is 1.85. The molecule has 0 aliphatic carbocycles. The van der Waals surface area contributed by atoms with Gasteiger partial charge < -0.3 is 5.73 Å². The zero-order chi connectivity index (χ0) is 14.4. The van der Waals surface area contributed by atoms with Gasteiger partial charge in [-0.1, -0.05) is 43.3 Å². The lowest BCUT2D eigenvalue weighted by atomic mass is 10.0. The first kappa shape index (κ1) is 14.3. The summed E-state index contributed by atoms with van der Waals surface area (Å²) in [6.45, 7) is 2.13. The van der Waals surface area contributed by atoms with E-state index in [1.165, 1.54) is 5.56 Å². The van der Waals surface area contributed by atoms with Gasteiger partial charge in [0.2, 0.25) is 0 Å². The third-order valence-electron chi connectivity index (χ3n) is 3.48. The molecule has 0 spiro atoms. The first-order chi connectivity index (χ1) is 9.67. The van der Waals surface area contributed by atoms with E-state index < -0.39 is 0 Å². The maximum atomic E-state index is 12.0. The molecule has 0 saturated heterocycles. The number of nitrogens with two attached hydrogens (primary N) is 1. The van der Waals surface area contributed by atoms with Gasteiger partial charge in [0.05, 0.1) is 0 Å². The molecule has 2 N–H and O–H groups in total. The van der Waals surface area contributed by atoms with Crippen LogP contribution in [0, 0.1) is 0 Å². The Hall–Kier alpha value is -2.09. The number of benzene rings is 2. The van der Waals surface area contributed by atoms with Gasteiger partial charge in [-0.05, 0) is 41.7 Å². The molecule has 0 heterocycles. The summed E-state index contributed by atoms with van der Waals surface area (Å²) in [7, 11) is 0. The van der Waals surface area contributed by atoms with Crippen LogP contribution in [0.15, 0.2) is 48.5 Å². The number of anilines is 1. The van der Waals surface area contributed by atoms with Crippen LogP contribution >= 0.6 is 0 Å². The maximum absolute atomic E-state index is 12.0. The Labute approximate surface area is 120 Å². The molecule has 2 nitrogen and oxygen atoms in total. The zero-order valence-electron chi connectivity index (χ0n) is 11.9. The highest BCUT2D eigenvalue weighted by Crippen LogP contribution is 2.11. The molecule has 0 bridgehead atoms. The van der Waals surface area contributed by atoms with Crippen molar-refractivity contribution in [2.75, 3.05) is 5.73 Å². The zero-order valence-corrected chi connectivity index (χ0v) is 11.9. The summed E-state index contributed by atoms with van der Waals surface area (Å²) in [5.74, 6) is 0.275. The number of rotatable bonds is 6. The van der Waals surface area contributed by atoms with Gasteiger partial charge in [-0.15, -0.1) is 0 Å². The lowest BCUT2D eigenvalue weighted by Gasteiger charge is -2.04. The van der Waals surface area contributed by atoms with Crippen molar-refractivity contribution in [3.05, 3.63) is 65.2 Å². The van der Waals surface area contributed by atoms with E-state index in [1.54, 1.807) is 0 Å². The van der Waals surface area contributed by atoms with Crippen LogP contribution in [-0.4, -0.2) is 5.78 Å². The van der Waals surface area contributed by atoms with Crippen molar-refractivity contribution in [1.82, 2.24) is 0 Å². The minimum absolute atomic E-state index is 0.275. The standard InChI is InChI=1S/C18H21NO/c1-2-14-6-8-16(9-7-14)13-18(20)11-10-15-4-3-5-17(19)12-15/h3-9,12H,2,10-11,13,19H2,1H3. The smallest absolute Gasteiger partial charge is 0.137 e. The molecule has 0 aliphatic heterocycles. The fourth-order valence-corrected chi connectivity index (χ4v) is 2.24. The summed E-state index contributed by atoms with van der Waals surface area (Å²) < 4.78 is 0. The Morgan fingerprint density at radius 3 is 2.35 bits per heavy atom. The Bertz CT molecular complexity index is 572. The highest BCUT2D eigenvalue weighted by Gasteiger charge is 2.05. The largest absolute Gasteiger partial charge is 0.399 e. The number of nitrogen functional groups attached to an aromatic ring is 1. The molecule has 0 saturated carbocycles. The van der Waals surface area contributed by atoms with Crippen LogP contribution in [-0.2, 0) is 24.1 Å². The molecule has 0 atom stereocenters. The first-order valence-corrected chi connectivity index (χ1v) is 7.11. The van der Waals surface area contributed by atoms with E-state index in [9.17, 15) is 4.79 Å². The van der Waals surface area contributed by atoms with E-state index in [0.29, 0.717) is 12.8 Å². The number of carbonyl (C=O) groups excluding carboxylic acids is 1. The lowest BCUT2D eigenvalue weighted by Crippen LogP contribution is -2.04. The van der Waals surface area contributed by atoms with Crippen LogP contribution in [0.3, 0.4) is 0 Å². The van der Waals surface area contributed by atoms with Crippen molar-refractivity contribution in [1.29, 1.82) is 0 Å². The number of Topliss-reactive ketones (excluding diaryl/α,β-unsaturated/α-hetero) is 1. The summed E-state index contributed by atoms with van der Waals surface area (Å²) in [6, 6.07) is 16.0. The maximum Gasteiger partial charge on any atom is 0.137 e. The monoisotopic (exact) mass is 267 g/mol. The predicted octanol–water partition coefficient (Wildman–Crippen LogP) is 3.58. The second-order valence-electron chi connectivity index (χ2n) is 5.13. The number of ketones is 1. The number of carbonyl (C=O) groups is 1. The van der Waals surface area contributed by atoms with E-state index in [4.69, 9.17) is 5.73 Å². The molecule has 20 heavy (non-hydrogen) atoms. The summed E-state index contributed by atoms with van der Waals surface area (Å²) in [4.78, 5) is 12.0. The molecule has 2 heteroatoms. The topological polar surface area (TPSA) is 43.1 Å². The Kier molecular flexibility index (Phi) is 4.94. The highest BCUT2D eigenvalue weighted by molar-refractivity contribution is 5.81. The van der Waals surface area contributed by atoms with Crippen LogP contribution < -0.4 is 5.73 Å². The summed E-state index contributed by atoms with van der Waals surface area (Å²) in [6.07, 6.45) is 2.88. The van der Waals surface area contributed by atoms with Gasteiger partial charge in [-0.3, -0.25) is 4.79 Å². The van der Waals surface area contributed by atoms with Gasteiger partial charge in [0.1, 0.15) is 5.78 Å². The van der Waals surface area contributed by atoms with E-state index in [0.717, 1.165) is 29.7 Å². The van der Waals surface area contributed by atoms with Gasteiger partial charge in [-0.2, -0.15) is 0 Å². The minimum atomic E-state index is 0.275. The van der Waals surface area contributed by atoms with Crippen LogP contribution in [0.1, 0.15) is 30.0 Å². The molecular formula is C18H21NO. The molecule has 0 amide bonds. The molecule has 0 aliphatic rings. The van der Waals surface area contributed by atoms with Crippen LogP contribution in [0.2, 0.25) is 0 Å². The molecule has 0 fully saturated rings. The molecular weight excluding hydrogens is 246 g/mol. The van der Waals surface area contributed by atoms with Crippen LogP contribution in [0.5, 0.6) is 0 Å². The Morgan fingerprint density at radius 2 is 1.70 bits per heavy atom. The summed E-state index contributed by atoms with van der Waals surface area (Å²) in [5.41, 5.74) is 10.0. The first-order valence-electron chi connectivity index (χ1n) is 7.11. The molecule has 0 aromatic heterocycles. The van der Waals surface area contributed by atoms with E-state index in [1.807, 2.05) is 24.3 Å². The van der Waals surface area contributed by atoms with Gasteiger partial charge in [0.25, 0.3) is 0 Å². The normalized spacial score (nSPS) is 10.4. The number of aryl methyl sites for hydroxylation is 2. The second-order valence-corrected chi connectivity index (χ2v) is 5.13. The third kappa shape index (κ3) is 4.23. The summed E-state index contributed by atoms with van der Waals surface area (Å²) >= 11 is 0.